The van der Waals surface area contributed by atoms with E-state index in [2.05, 4.69) is 46.3 Å². The average Bonchev–Trinajstić information content (AvgIpc) is 2.87. The molecule has 104 valence electrons. The first kappa shape index (κ1) is 13.2. The zero-order valence-corrected chi connectivity index (χ0v) is 13.4. The lowest BCUT2D eigenvalue weighted by Crippen LogP contribution is -2.19. The molecule has 2 aromatic rings. The van der Waals surface area contributed by atoms with Crippen molar-refractivity contribution in [2.45, 2.75) is 12.0 Å². The Bertz CT molecular complexity index is 779. The van der Waals surface area contributed by atoms with E-state index < -0.39 is 0 Å². The number of fused-ring (bicyclic) bond motifs is 3. The largest absolute Gasteiger partial charge is 0.484 e. The van der Waals surface area contributed by atoms with Gasteiger partial charge in [0.25, 0.3) is 0 Å². The Labute approximate surface area is 137 Å². The van der Waals surface area contributed by atoms with Gasteiger partial charge in [-0.3, -0.25) is 0 Å². The third-order valence-electron chi connectivity index (χ3n) is 3.98. The molecule has 0 fully saturated rings. The first-order valence-electron chi connectivity index (χ1n) is 6.83. The van der Waals surface area contributed by atoms with Crippen LogP contribution in [0.25, 0.3) is 11.1 Å². The predicted octanol–water partition coefficient (Wildman–Crippen LogP) is 5.65. The summed E-state index contributed by atoms with van der Waals surface area (Å²) in [5.74, 6) is 1.15. The summed E-state index contributed by atoms with van der Waals surface area (Å²) in [5.41, 5.74) is 3.51. The zero-order valence-electron chi connectivity index (χ0n) is 11.1. The van der Waals surface area contributed by atoms with Crippen molar-refractivity contribution in [1.82, 2.24) is 0 Å². The van der Waals surface area contributed by atoms with Crippen molar-refractivity contribution in [3.05, 3.63) is 75.8 Å². The van der Waals surface area contributed by atoms with Crippen LogP contribution in [0.15, 0.2) is 70.2 Å². The molecule has 2 unspecified atom stereocenters. The quantitative estimate of drug-likeness (QED) is 0.639. The number of ether oxygens (including phenoxy) is 1. The molecule has 21 heavy (non-hydrogen) atoms. The zero-order chi connectivity index (χ0) is 14.4. The minimum Gasteiger partial charge on any atom is -0.484 e. The normalized spacial score (nSPS) is 22.3. The SMILES string of the molecule is ClC1=CC=CC2c3ccc(-c4ccccc4Br)cc3OC12. The van der Waals surface area contributed by atoms with Crippen LogP contribution >= 0.6 is 27.5 Å². The Morgan fingerprint density at radius 2 is 1.95 bits per heavy atom. The molecule has 1 nitrogen and oxygen atoms in total. The average molecular weight is 360 g/mol. The first-order chi connectivity index (χ1) is 10.2. The lowest BCUT2D eigenvalue weighted by atomic mass is 9.91. The van der Waals surface area contributed by atoms with Crippen LogP contribution in [0.4, 0.5) is 0 Å². The van der Waals surface area contributed by atoms with Gasteiger partial charge in [0.05, 0.1) is 5.03 Å². The lowest BCUT2D eigenvalue weighted by Gasteiger charge is -2.17. The first-order valence-corrected chi connectivity index (χ1v) is 8.00. The molecule has 4 rings (SSSR count). The van der Waals surface area contributed by atoms with Crippen molar-refractivity contribution >= 4 is 27.5 Å². The van der Waals surface area contributed by atoms with E-state index in [4.69, 9.17) is 16.3 Å². The van der Waals surface area contributed by atoms with E-state index >= 15 is 0 Å². The van der Waals surface area contributed by atoms with Crippen molar-refractivity contribution in [2.24, 2.45) is 0 Å². The van der Waals surface area contributed by atoms with Gasteiger partial charge in [-0.05, 0) is 29.3 Å². The standard InChI is InChI=1S/C18H12BrClO/c19-15-6-2-1-4-12(15)11-8-9-13-14-5-3-7-16(20)18(14)21-17(13)10-11/h1-10,14,18H. The van der Waals surface area contributed by atoms with Gasteiger partial charge in [0.2, 0.25) is 0 Å². The molecule has 0 amide bonds. The highest BCUT2D eigenvalue weighted by Gasteiger charge is 2.36. The van der Waals surface area contributed by atoms with Crippen LogP contribution in [0.5, 0.6) is 5.75 Å². The summed E-state index contributed by atoms with van der Waals surface area (Å²) in [5, 5.41) is 0.765. The van der Waals surface area contributed by atoms with E-state index in [-0.39, 0.29) is 12.0 Å². The Morgan fingerprint density at radius 1 is 1.10 bits per heavy atom. The molecule has 0 aromatic heterocycles. The molecular weight excluding hydrogens is 348 g/mol. The third kappa shape index (κ3) is 2.14. The monoisotopic (exact) mass is 358 g/mol. The highest BCUT2D eigenvalue weighted by molar-refractivity contribution is 9.10. The summed E-state index contributed by atoms with van der Waals surface area (Å²) in [4.78, 5) is 0. The van der Waals surface area contributed by atoms with Crippen molar-refractivity contribution in [1.29, 1.82) is 0 Å². The number of hydrogen-bond donors (Lipinski definition) is 0. The molecule has 0 saturated heterocycles. The Hall–Kier alpha value is -1.51. The molecule has 3 heteroatoms. The maximum absolute atomic E-state index is 6.27. The number of rotatable bonds is 1. The molecule has 0 radical (unpaired) electrons. The fourth-order valence-corrected chi connectivity index (χ4v) is 3.71. The molecule has 0 N–H and O–H groups in total. The third-order valence-corrected chi connectivity index (χ3v) is 5.02. The number of halogens is 2. The summed E-state index contributed by atoms with van der Waals surface area (Å²) in [6.07, 6.45) is 5.99. The van der Waals surface area contributed by atoms with E-state index in [1.54, 1.807) is 0 Å². The molecule has 2 aromatic carbocycles. The van der Waals surface area contributed by atoms with Crippen LogP contribution in [0.1, 0.15) is 11.5 Å². The summed E-state index contributed by atoms with van der Waals surface area (Å²) < 4.78 is 7.14. The van der Waals surface area contributed by atoms with E-state index in [0.29, 0.717) is 0 Å². The molecule has 0 bridgehead atoms. The molecule has 2 aliphatic rings. The van der Waals surface area contributed by atoms with Crippen LogP contribution in [0.3, 0.4) is 0 Å². The molecule has 0 spiro atoms. The van der Waals surface area contributed by atoms with Gasteiger partial charge in [-0.1, -0.05) is 70.0 Å². The van der Waals surface area contributed by atoms with Crippen molar-refractivity contribution in [2.75, 3.05) is 0 Å². The van der Waals surface area contributed by atoms with Gasteiger partial charge in [0.15, 0.2) is 0 Å². The van der Waals surface area contributed by atoms with Crippen LogP contribution in [0, 0.1) is 0 Å². The van der Waals surface area contributed by atoms with Gasteiger partial charge in [0, 0.05) is 16.0 Å². The minimum atomic E-state index is -0.0684. The summed E-state index contributed by atoms with van der Waals surface area (Å²) in [6.45, 7) is 0. The Morgan fingerprint density at radius 3 is 2.81 bits per heavy atom. The fourth-order valence-electron chi connectivity index (χ4n) is 2.94. The second-order valence-electron chi connectivity index (χ2n) is 5.23. The van der Waals surface area contributed by atoms with Gasteiger partial charge in [-0.25, -0.2) is 0 Å². The highest BCUT2D eigenvalue weighted by Crippen LogP contribution is 2.46. The summed E-state index contributed by atoms with van der Waals surface area (Å²) in [6, 6.07) is 14.6. The second-order valence-corrected chi connectivity index (χ2v) is 6.52. The Balaban J connectivity index is 1.78. The maximum atomic E-state index is 6.27. The topological polar surface area (TPSA) is 9.23 Å². The minimum absolute atomic E-state index is 0.0684. The molecule has 0 saturated carbocycles. The number of hydrogen-bond acceptors (Lipinski definition) is 1. The number of benzene rings is 2. The maximum Gasteiger partial charge on any atom is 0.145 e. The van der Waals surface area contributed by atoms with Gasteiger partial charge >= 0.3 is 0 Å². The van der Waals surface area contributed by atoms with Crippen LogP contribution in [-0.2, 0) is 0 Å². The van der Waals surface area contributed by atoms with E-state index in [9.17, 15) is 0 Å². The van der Waals surface area contributed by atoms with Crippen molar-refractivity contribution in [3.63, 3.8) is 0 Å². The molecular formula is C18H12BrClO. The van der Waals surface area contributed by atoms with Gasteiger partial charge in [-0.15, -0.1) is 0 Å². The predicted molar refractivity (Wildman–Crippen MR) is 89.8 cm³/mol. The lowest BCUT2D eigenvalue weighted by molar-refractivity contribution is 0.264. The van der Waals surface area contributed by atoms with Crippen LogP contribution in [-0.4, -0.2) is 6.10 Å². The summed E-state index contributed by atoms with van der Waals surface area (Å²) in [7, 11) is 0. The Kier molecular flexibility index (Phi) is 3.16. The van der Waals surface area contributed by atoms with Gasteiger partial charge in [-0.2, -0.15) is 0 Å². The smallest absolute Gasteiger partial charge is 0.145 e. The van der Waals surface area contributed by atoms with Gasteiger partial charge in [0.1, 0.15) is 11.9 Å². The van der Waals surface area contributed by atoms with Crippen molar-refractivity contribution in [3.8, 4) is 16.9 Å². The van der Waals surface area contributed by atoms with Crippen LogP contribution < -0.4 is 4.74 Å². The van der Waals surface area contributed by atoms with E-state index in [0.717, 1.165) is 26.4 Å². The molecule has 2 atom stereocenters. The summed E-state index contributed by atoms with van der Waals surface area (Å²) >= 11 is 9.87. The molecule has 1 aliphatic carbocycles. The van der Waals surface area contributed by atoms with Crippen LogP contribution in [0.2, 0.25) is 0 Å². The van der Waals surface area contributed by atoms with E-state index in [1.807, 2.05) is 30.4 Å². The van der Waals surface area contributed by atoms with E-state index in [1.165, 1.54) is 5.56 Å². The van der Waals surface area contributed by atoms with Gasteiger partial charge < -0.3 is 4.74 Å². The number of allylic oxidation sites excluding steroid dienone is 2. The molecule has 1 heterocycles. The van der Waals surface area contributed by atoms with Crippen molar-refractivity contribution < 1.29 is 4.74 Å². The second kappa shape index (κ2) is 5.04. The molecule has 1 aliphatic heterocycles. The fraction of sp³-hybridized carbons (Fsp3) is 0.111. The highest BCUT2D eigenvalue weighted by atomic mass is 79.9.